The first-order valence-electron chi connectivity index (χ1n) is 7.94. The molecule has 1 amide bonds. The third-order valence-corrected chi connectivity index (χ3v) is 4.24. The van der Waals surface area contributed by atoms with Gasteiger partial charge in [-0.2, -0.15) is 0 Å². The lowest BCUT2D eigenvalue weighted by Crippen LogP contribution is -2.31. The summed E-state index contributed by atoms with van der Waals surface area (Å²) in [5, 5.41) is 3.94. The fourth-order valence-electron chi connectivity index (χ4n) is 2.18. The Morgan fingerprint density at radius 3 is 2.58 bits per heavy atom. The predicted molar refractivity (Wildman–Crippen MR) is 101 cm³/mol. The molecule has 0 aliphatic heterocycles. The summed E-state index contributed by atoms with van der Waals surface area (Å²) in [4.78, 5) is 23.6. The number of ether oxygens (including phenoxy) is 2. The maximum atomic E-state index is 11.9. The molecule has 7 heteroatoms. The van der Waals surface area contributed by atoms with E-state index in [1.54, 1.807) is 36.4 Å². The summed E-state index contributed by atoms with van der Waals surface area (Å²) in [6, 6.07) is 12.0. The number of rotatable bonds is 7. The van der Waals surface area contributed by atoms with E-state index in [0.717, 1.165) is 11.1 Å². The predicted octanol–water partition coefficient (Wildman–Crippen LogP) is 4.10. The molecule has 1 atom stereocenters. The summed E-state index contributed by atoms with van der Waals surface area (Å²) < 4.78 is 10.2. The lowest BCUT2D eigenvalue weighted by atomic mass is 10.1. The van der Waals surface area contributed by atoms with Gasteiger partial charge in [0.2, 0.25) is 0 Å². The molecule has 26 heavy (non-hydrogen) atoms. The van der Waals surface area contributed by atoms with E-state index >= 15 is 0 Å². The Hall–Kier alpha value is -2.24. The van der Waals surface area contributed by atoms with Crippen molar-refractivity contribution in [2.45, 2.75) is 19.9 Å². The summed E-state index contributed by atoms with van der Waals surface area (Å²) in [6.45, 7) is 2.97. The zero-order valence-corrected chi connectivity index (χ0v) is 15.9. The van der Waals surface area contributed by atoms with Crippen molar-refractivity contribution in [2.24, 2.45) is 0 Å². The van der Waals surface area contributed by atoms with Gasteiger partial charge in [-0.15, -0.1) is 0 Å². The van der Waals surface area contributed by atoms with E-state index in [1.807, 2.05) is 19.9 Å². The van der Waals surface area contributed by atoms with Gasteiger partial charge in [0.15, 0.2) is 13.2 Å². The van der Waals surface area contributed by atoms with Gasteiger partial charge in [-0.3, -0.25) is 4.79 Å². The topological polar surface area (TPSA) is 64.6 Å². The van der Waals surface area contributed by atoms with Crippen LogP contribution in [0.15, 0.2) is 42.5 Å². The number of aryl methyl sites for hydroxylation is 1. The van der Waals surface area contributed by atoms with Gasteiger partial charge in [0, 0.05) is 10.0 Å². The Balaban J connectivity index is 1.74. The third kappa shape index (κ3) is 6.24. The molecule has 0 aromatic heterocycles. The van der Waals surface area contributed by atoms with Crippen LogP contribution in [-0.2, 0) is 14.3 Å². The largest absolute Gasteiger partial charge is 0.482 e. The minimum atomic E-state index is -0.636. The van der Waals surface area contributed by atoms with Gasteiger partial charge in [-0.05, 0) is 55.3 Å². The molecule has 0 spiro atoms. The molecule has 2 rings (SSSR count). The first kappa shape index (κ1) is 20.1. The number of amides is 1. The number of esters is 1. The lowest BCUT2D eigenvalue weighted by Gasteiger charge is -2.14. The van der Waals surface area contributed by atoms with Crippen LogP contribution in [0.1, 0.15) is 24.1 Å². The van der Waals surface area contributed by atoms with E-state index in [2.05, 4.69) is 5.32 Å². The Labute approximate surface area is 162 Å². The molecule has 0 bridgehead atoms. The van der Waals surface area contributed by atoms with E-state index in [0.29, 0.717) is 15.8 Å². The molecule has 138 valence electrons. The minimum Gasteiger partial charge on any atom is -0.482 e. The first-order valence-corrected chi connectivity index (χ1v) is 8.70. The van der Waals surface area contributed by atoms with Crippen molar-refractivity contribution in [3.05, 3.63) is 63.6 Å². The van der Waals surface area contributed by atoms with Crippen LogP contribution in [0.3, 0.4) is 0 Å². The fraction of sp³-hybridized carbons (Fsp3) is 0.263. The van der Waals surface area contributed by atoms with E-state index in [1.165, 1.54) is 0 Å². The summed E-state index contributed by atoms with van der Waals surface area (Å²) >= 11 is 11.9. The van der Waals surface area contributed by atoms with Crippen LogP contribution >= 0.6 is 23.2 Å². The van der Waals surface area contributed by atoms with Crippen molar-refractivity contribution in [1.82, 2.24) is 5.32 Å². The quantitative estimate of drug-likeness (QED) is 0.716. The van der Waals surface area contributed by atoms with Crippen molar-refractivity contribution in [1.29, 1.82) is 0 Å². The second-order valence-corrected chi connectivity index (χ2v) is 6.55. The Bertz CT molecular complexity index is 795. The van der Waals surface area contributed by atoms with Gasteiger partial charge in [0.1, 0.15) is 5.75 Å². The third-order valence-electron chi connectivity index (χ3n) is 3.58. The normalized spacial score (nSPS) is 11.5. The molecule has 0 aliphatic rings. The van der Waals surface area contributed by atoms with Crippen molar-refractivity contribution < 1.29 is 19.1 Å². The highest BCUT2D eigenvalue weighted by Crippen LogP contribution is 2.21. The van der Waals surface area contributed by atoms with Gasteiger partial charge in [-0.25, -0.2) is 4.79 Å². The molecule has 0 aliphatic carbocycles. The molecular weight excluding hydrogens is 377 g/mol. The molecular formula is C19H19Cl2NO4. The minimum absolute atomic E-state index is 0.256. The average Bonchev–Trinajstić information content (AvgIpc) is 2.61. The zero-order valence-electron chi connectivity index (χ0n) is 14.4. The van der Waals surface area contributed by atoms with Crippen LogP contribution in [0.5, 0.6) is 5.75 Å². The summed E-state index contributed by atoms with van der Waals surface area (Å²) in [7, 11) is 0. The van der Waals surface area contributed by atoms with Crippen molar-refractivity contribution >= 4 is 35.1 Å². The van der Waals surface area contributed by atoms with Crippen LogP contribution in [-0.4, -0.2) is 25.1 Å². The molecule has 1 N–H and O–H groups in total. The van der Waals surface area contributed by atoms with E-state index in [4.69, 9.17) is 32.7 Å². The molecule has 2 aromatic rings. The van der Waals surface area contributed by atoms with Crippen LogP contribution < -0.4 is 10.1 Å². The van der Waals surface area contributed by atoms with E-state index in [-0.39, 0.29) is 19.3 Å². The highest BCUT2D eigenvalue weighted by atomic mass is 35.5. The fourth-order valence-corrected chi connectivity index (χ4v) is 2.50. The molecule has 2 aromatic carbocycles. The number of carbonyl (C=O) groups is 2. The highest BCUT2D eigenvalue weighted by Gasteiger charge is 2.13. The second kappa shape index (κ2) is 9.46. The molecule has 0 heterocycles. The SMILES string of the molecule is Cc1cc(OCC(=O)OCC(=O)N[C@@H](C)c2cccc(Cl)c2)ccc1Cl. The Morgan fingerprint density at radius 2 is 1.88 bits per heavy atom. The zero-order chi connectivity index (χ0) is 19.1. The molecule has 0 saturated heterocycles. The van der Waals surface area contributed by atoms with Crippen molar-refractivity contribution in [2.75, 3.05) is 13.2 Å². The monoisotopic (exact) mass is 395 g/mol. The summed E-state index contributed by atoms with van der Waals surface area (Å²) in [6.07, 6.45) is 0. The molecule has 0 fully saturated rings. The van der Waals surface area contributed by atoms with Crippen LogP contribution in [0.4, 0.5) is 0 Å². The van der Waals surface area contributed by atoms with Crippen LogP contribution in [0.25, 0.3) is 0 Å². The summed E-state index contributed by atoms with van der Waals surface area (Å²) in [5.74, 6) is -0.542. The Morgan fingerprint density at radius 1 is 1.12 bits per heavy atom. The number of nitrogens with one attached hydrogen (secondary N) is 1. The van der Waals surface area contributed by atoms with Gasteiger partial charge >= 0.3 is 5.97 Å². The lowest BCUT2D eigenvalue weighted by molar-refractivity contribution is -0.150. The number of hydrogen-bond donors (Lipinski definition) is 1. The molecule has 0 radical (unpaired) electrons. The number of halogens is 2. The number of benzene rings is 2. The van der Waals surface area contributed by atoms with Crippen molar-refractivity contribution in [3.8, 4) is 5.75 Å². The average molecular weight is 396 g/mol. The smallest absolute Gasteiger partial charge is 0.344 e. The highest BCUT2D eigenvalue weighted by molar-refractivity contribution is 6.31. The van der Waals surface area contributed by atoms with Gasteiger partial charge in [-0.1, -0.05) is 35.3 Å². The number of hydrogen-bond acceptors (Lipinski definition) is 4. The first-order chi connectivity index (χ1) is 12.3. The molecule has 0 saturated carbocycles. The Kier molecular flexibility index (Phi) is 7.30. The van der Waals surface area contributed by atoms with Crippen molar-refractivity contribution in [3.63, 3.8) is 0 Å². The molecule has 5 nitrogen and oxygen atoms in total. The van der Waals surface area contributed by atoms with E-state index in [9.17, 15) is 9.59 Å². The second-order valence-electron chi connectivity index (χ2n) is 5.70. The van der Waals surface area contributed by atoms with Gasteiger partial charge < -0.3 is 14.8 Å². The van der Waals surface area contributed by atoms with Gasteiger partial charge in [0.05, 0.1) is 6.04 Å². The maximum Gasteiger partial charge on any atom is 0.344 e. The number of carbonyl (C=O) groups excluding carboxylic acids is 2. The van der Waals surface area contributed by atoms with E-state index < -0.39 is 11.9 Å². The summed E-state index contributed by atoms with van der Waals surface area (Å²) in [5.41, 5.74) is 1.70. The standard InChI is InChI=1S/C19H19Cl2NO4/c1-12-8-16(6-7-17(12)21)25-11-19(24)26-10-18(23)22-13(2)14-4-3-5-15(20)9-14/h3-9,13H,10-11H2,1-2H3,(H,22,23)/t13-/m0/s1. The van der Waals surface area contributed by atoms with Crippen LogP contribution in [0.2, 0.25) is 10.0 Å². The van der Waals surface area contributed by atoms with Crippen LogP contribution in [0, 0.1) is 6.92 Å². The maximum absolute atomic E-state index is 11.9. The molecule has 0 unspecified atom stereocenters. The van der Waals surface area contributed by atoms with Gasteiger partial charge in [0.25, 0.3) is 5.91 Å².